The molecule has 0 bridgehead atoms. The number of H-pyrrole nitrogens is 1. The van der Waals surface area contributed by atoms with Crippen LogP contribution in [0, 0.1) is 0 Å². The molecular formula is C32H35N5O6. The van der Waals surface area contributed by atoms with Gasteiger partial charge < -0.3 is 29.4 Å². The van der Waals surface area contributed by atoms with Crippen molar-refractivity contribution in [2.75, 3.05) is 33.2 Å². The van der Waals surface area contributed by atoms with Gasteiger partial charge in [-0.05, 0) is 68.9 Å². The maximum atomic E-state index is 13.5. The predicted molar refractivity (Wildman–Crippen MR) is 161 cm³/mol. The van der Waals surface area contributed by atoms with Gasteiger partial charge in [0.25, 0.3) is 5.91 Å². The molecule has 1 fully saturated rings. The quantitative estimate of drug-likeness (QED) is 0.254. The van der Waals surface area contributed by atoms with Crippen molar-refractivity contribution in [2.45, 2.75) is 32.5 Å². The van der Waals surface area contributed by atoms with Gasteiger partial charge in [0.1, 0.15) is 23.5 Å². The van der Waals surface area contributed by atoms with Crippen LogP contribution in [0.4, 0.5) is 0 Å². The smallest absolute Gasteiger partial charge is 0.280 e. The summed E-state index contributed by atoms with van der Waals surface area (Å²) in [5, 5.41) is 20.7. The lowest BCUT2D eigenvalue weighted by Crippen LogP contribution is -2.43. The van der Waals surface area contributed by atoms with Gasteiger partial charge in [0.15, 0.2) is 6.29 Å². The number of aldehydes is 2. The van der Waals surface area contributed by atoms with Gasteiger partial charge in [-0.3, -0.25) is 19.3 Å². The Morgan fingerprint density at radius 2 is 1.81 bits per heavy atom. The fraction of sp³-hybridized carbons (Fsp3) is 0.312. The van der Waals surface area contributed by atoms with Crippen LogP contribution in [0.15, 0.2) is 59.6 Å². The van der Waals surface area contributed by atoms with Gasteiger partial charge in [0.05, 0.1) is 28.7 Å². The molecule has 0 spiro atoms. The second kappa shape index (κ2) is 12.3. The van der Waals surface area contributed by atoms with Crippen molar-refractivity contribution in [2.24, 2.45) is 4.99 Å². The minimum Gasteiger partial charge on any atom is -0.507 e. The average molecular weight is 586 g/mol. The van der Waals surface area contributed by atoms with E-state index in [1.807, 2.05) is 12.1 Å². The second-order valence-corrected chi connectivity index (χ2v) is 11.5. The molecule has 1 saturated heterocycles. The fourth-order valence-corrected chi connectivity index (χ4v) is 5.11. The maximum Gasteiger partial charge on any atom is 0.280 e. The molecule has 224 valence electrons. The molecule has 1 aliphatic heterocycles. The predicted octanol–water partition coefficient (Wildman–Crippen LogP) is 3.35. The number of benzene rings is 3. The SMILES string of the molecule is CN1CCN(Cc2ccc3[nH]/c(=N\C(=O)c4cc(C=O)cc(Oc5cccc(O)c5C=O)c4)n(CC(C)(C)O)c3c2)CC1. The number of carbonyl (C=O) groups is 3. The molecule has 0 aliphatic carbocycles. The van der Waals surface area contributed by atoms with Crippen molar-refractivity contribution >= 4 is 29.5 Å². The van der Waals surface area contributed by atoms with E-state index in [1.54, 1.807) is 18.4 Å². The largest absolute Gasteiger partial charge is 0.507 e. The number of likely N-dealkylation sites (N-methyl/N-ethyl adjacent to an activating group) is 1. The first-order chi connectivity index (χ1) is 20.5. The molecule has 3 N–H and O–H groups in total. The summed E-state index contributed by atoms with van der Waals surface area (Å²) in [5.74, 6) is -0.716. The van der Waals surface area contributed by atoms with Crippen LogP contribution in [0.3, 0.4) is 0 Å². The van der Waals surface area contributed by atoms with E-state index in [-0.39, 0.29) is 46.1 Å². The van der Waals surface area contributed by atoms with Crippen molar-refractivity contribution in [3.63, 3.8) is 0 Å². The molecule has 2 heterocycles. The first-order valence-corrected chi connectivity index (χ1v) is 14.0. The van der Waals surface area contributed by atoms with Crippen LogP contribution in [-0.2, 0) is 13.1 Å². The molecule has 43 heavy (non-hydrogen) atoms. The highest BCUT2D eigenvalue weighted by Crippen LogP contribution is 2.31. The summed E-state index contributed by atoms with van der Waals surface area (Å²) >= 11 is 0. The molecule has 0 saturated carbocycles. The van der Waals surface area contributed by atoms with Gasteiger partial charge in [-0.1, -0.05) is 12.1 Å². The summed E-state index contributed by atoms with van der Waals surface area (Å²) in [6, 6.07) is 14.6. The molecular weight excluding hydrogens is 550 g/mol. The Bertz CT molecular complexity index is 1740. The van der Waals surface area contributed by atoms with Gasteiger partial charge in [-0.15, -0.1) is 0 Å². The molecule has 0 radical (unpaired) electrons. The Morgan fingerprint density at radius 3 is 2.51 bits per heavy atom. The normalized spacial score (nSPS) is 15.1. The molecule has 5 rings (SSSR count). The number of aliphatic hydroxyl groups is 1. The zero-order valence-corrected chi connectivity index (χ0v) is 24.4. The number of rotatable bonds is 9. The van der Waals surface area contributed by atoms with Crippen LogP contribution >= 0.6 is 0 Å². The molecule has 4 aromatic rings. The summed E-state index contributed by atoms with van der Waals surface area (Å²) < 4.78 is 7.57. The fourth-order valence-electron chi connectivity index (χ4n) is 5.11. The molecule has 11 heteroatoms. The Morgan fingerprint density at radius 1 is 1.05 bits per heavy atom. The van der Waals surface area contributed by atoms with Crippen LogP contribution < -0.4 is 10.4 Å². The maximum absolute atomic E-state index is 13.5. The summed E-state index contributed by atoms with van der Waals surface area (Å²) in [6.45, 7) is 8.32. The number of amides is 1. The van der Waals surface area contributed by atoms with Gasteiger partial charge in [0.2, 0.25) is 5.62 Å². The minimum absolute atomic E-state index is 0.0608. The molecule has 11 nitrogen and oxygen atoms in total. The molecule has 1 aliphatic rings. The van der Waals surface area contributed by atoms with Crippen molar-refractivity contribution in [1.82, 2.24) is 19.4 Å². The monoisotopic (exact) mass is 585 g/mol. The number of aromatic nitrogens is 2. The van der Waals surface area contributed by atoms with Crippen molar-refractivity contribution < 1.29 is 29.3 Å². The van der Waals surface area contributed by atoms with Crippen molar-refractivity contribution in [3.05, 3.63) is 82.5 Å². The van der Waals surface area contributed by atoms with Crippen LogP contribution in [0.5, 0.6) is 17.2 Å². The molecule has 0 atom stereocenters. The van der Waals surface area contributed by atoms with Crippen molar-refractivity contribution in [3.8, 4) is 17.2 Å². The van der Waals surface area contributed by atoms with E-state index in [0.29, 0.717) is 12.6 Å². The Labute approximate surface area is 248 Å². The summed E-state index contributed by atoms with van der Waals surface area (Å²) in [4.78, 5) is 48.9. The van der Waals surface area contributed by atoms with E-state index in [0.717, 1.165) is 49.3 Å². The highest BCUT2D eigenvalue weighted by Gasteiger charge is 2.20. The molecule has 1 aromatic heterocycles. The lowest BCUT2D eigenvalue weighted by atomic mass is 10.1. The lowest BCUT2D eigenvalue weighted by molar-refractivity contribution is 0.0612. The Kier molecular flexibility index (Phi) is 8.58. The number of ether oxygens (including phenoxy) is 1. The first-order valence-electron chi connectivity index (χ1n) is 14.0. The number of nitrogens with zero attached hydrogens (tertiary/aromatic N) is 4. The van der Waals surface area contributed by atoms with E-state index in [9.17, 15) is 24.6 Å². The van der Waals surface area contributed by atoms with Gasteiger partial charge in [-0.2, -0.15) is 4.99 Å². The van der Waals surface area contributed by atoms with Crippen LogP contribution in [0.25, 0.3) is 11.0 Å². The highest BCUT2D eigenvalue weighted by molar-refractivity contribution is 5.97. The van der Waals surface area contributed by atoms with Crippen LogP contribution in [0.1, 0.15) is 50.5 Å². The lowest BCUT2D eigenvalue weighted by Gasteiger charge is -2.32. The third-order valence-electron chi connectivity index (χ3n) is 7.31. The van der Waals surface area contributed by atoms with Gasteiger partial charge >= 0.3 is 0 Å². The number of piperazine rings is 1. The Hall–Kier alpha value is -4.58. The summed E-state index contributed by atoms with van der Waals surface area (Å²) in [5.41, 5.74) is 2.00. The van der Waals surface area contributed by atoms with Crippen molar-refractivity contribution in [1.29, 1.82) is 0 Å². The van der Waals surface area contributed by atoms with Gasteiger partial charge in [-0.25, -0.2) is 0 Å². The third-order valence-corrected chi connectivity index (χ3v) is 7.31. The number of nitrogens with one attached hydrogen (secondary N) is 1. The number of hydrogen-bond acceptors (Lipinski definition) is 8. The number of phenolic OH excluding ortho intramolecular Hbond substituents is 1. The zero-order chi connectivity index (χ0) is 30.7. The van der Waals surface area contributed by atoms with Crippen LogP contribution in [0.2, 0.25) is 0 Å². The number of hydrogen-bond donors (Lipinski definition) is 3. The molecule has 3 aromatic carbocycles. The van der Waals surface area contributed by atoms with E-state index < -0.39 is 11.5 Å². The number of aromatic hydroxyl groups is 1. The zero-order valence-electron chi connectivity index (χ0n) is 24.4. The molecule has 0 unspecified atom stereocenters. The minimum atomic E-state index is -1.10. The van der Waals surface area contributed by atoms with Gasteiger partial charge in [0, 0.05) is 43.9 Å². The van der Waals surface area contributed by atoms with E-state index in [4.69, 9.17) is 4.74 Å². The van der Waals surface area contributed by atoms with E-state index in [1.165, 1.54) is 36.4 Å². The number of carbonyl (C=O) groups excluding carboxylic acids is 3. The molecule has 1 amide bonds. The third kappa shape index (κ3) is 7.08. The van der Waals surface area contributed by atoms with Crippen LogP contribution in [-0.4, -0.2) is 86.9 Å². The standard InChI is InChI=1S/C32H35N5O6/c1-32(2,42)20-37-27-15-21(17-36-11-9-35(3)10-12-36)7-8-26(27)33-31(37)34-30(41)23-13-22(18-38)14-24(16-23)43-29-6-4-5-28(40)25(29)19-39/h4-8,13-16,18-19,40,42H,9-12,17,20H2,1-3H3,(H,33,34,41). The number of phenols is 1. The van der Waals surface area contributed by atoms with E-state index in [2.05, 4.69) is 32.9 Å². The number of imidazole rings is 1. The summed E-state index contributed by atoms with van der Waals surface area (Å²) in [7, 11) is 2.12. The first kappa shape index (κ1) is 29.9. The number of fused-ring (bicyclic) bond motifs is 1. The second-order valence-electron chi connectivity index (χ2n) is 11.5. The summed E-state index contributed by atoms with van der Waals surface area (Å²) in [6.07, 6.45) is 1.04. The average Bonchev–Trinajstić information content (AvgIpc) is 3.28. The topological polar surface area (TPSA) is 140 Å². The number of aromatic amines is 1. The highest BCUT2D eigenvalue weighted by atomic mass is 16.5. The van der Waals surface area contributed by atoms with E-state index >= 15 is 0 Å². The Balaban J connectivity index is 1.51.